The molecule has 4 aromatic heterocycles. The van der Waals surface area contributed by atoms with Crippen LogP contribution in [-0.4, -0.2) is 69.2 Å². The summed E-state index contributed by atoms with van der Waals surface area (Å²) in [5.74, 6) is 0.560. The summed E-state index contributed by atoms with van der Waals surface area (Å²) in [7, 11) is 2.18. The molecule has 5 heterocycles. The minimum Gasteiger partial charge on any atom is -0.368 e. The van der Waals surface area contributed by atoms with Crippen LogP contribution >= 0.6 is 0 Å². The number of H-pyrrole nitrogens is 2. The molecular weight excluding hydrogens is 512 g/mol. The average molecular weight is 549 g/mol. The average Bonchev–Trinajstić information content (AvgIpc) is 3.62. The molecule has 1 aromatic carbocycles. The Bertz CT molecular complexity index is 1690. The highest BCUT2D eigenvalue weighted by Gasteiger charge is 2.20. The number of aromatic nitrogens is 5. The van der Waals surface area contributed by atoms with Crippen molar-refractivity contribution in [2.75, 3.05) is 43.4 Å². The number of piperazine rings is 1. The summed E-state index contributed by atoms with van der Waals surface area (Å²) >= 11 is 0. The lowest BCUT2D eigenvalue weighted by Gasteiger charge is -2.34. The Morgan fingerprint density at radius 3 is 2.66 bits per heavy atom. The van der Waals surface area contributed by atoms with Crippen LogP contribution in [0.1, 0.15) is 38.5 Å². The maximum absolute atomic E-state index is 12.7. The van der Waals surface area contributed by atoms with Gasteiger partial charge >= 0.3 is 0 Å². The number of nitrogens with one attached hydrogen (secondary N) is 3. The van der Waals surface area contributed by atoms with Crippen LogP contribution in [0.2, 0.25) is 0 Å². The third kappa shape index (κ3) is 5.29. The lowest BCUT2D eigenvalue weighted by atomic mass is 9.87. The Morgan fingerprint density at radius 1 is 0.976 bits per heavy atom. The van der Waals surface area contributed by atoms with Crippen LogP contribution in [0.15, 0.2) is 55.0 Å². The number of likely N-dealkylation sites (N-methyl/N-ethyl adjacent to an activating group) is 1. The first kappa shape index (κ1) is 25.7. The van der Waals surface area contributed by atoms with Crippen molar-refractivity contribution < 1.29 is 4.79 Å². The van der Waals surface area contributed by atoms with E-state index in [4.69, 9.17) is 0 Å². The molecule has 3 N–H and O–H groups in total. The maximum atomic E-state index is 12.7. The SMILES string of the molecule is CN1CCN(c2cccc3[nH]c(-c4n[nH]c5ncc(-c6cncc(NC(=O)CC7CCCCC7)c6)cc45)cc23)CC1. The van der Waals surface area contributed by atoms with E-state index in [1.54, 1.807) is 6.20 Å². The van der Waals surface area contributed by atoms with E-state index in [0.717, 1.165) is 78.1 Å². The molecule has 5 aromatic rings. The van der Waals surface area contributed by atoms with E-state index in [0.29, 0.717) is 18.0 Å². The number of fused-ring (bicyclic) bond motifs is 2. The van der Waals surface area contributed by atoms with Gasteiger partial charge in [-0.15, -0.1) is 0 Å². The van der Waals surface area contributed by atoms with Gasteiger partial charge in [0.25, 0.3) is 0 Å². The molecule has 0 atom stereocenters. The summed E-state index contributed by atoms with van der Waals surface area (Å²) in [6.07, 6.45) is 12.0. The highest BCUT2D eigenvalue weighted by atomic mass is 16.1. The zero-order chi connectivity index (χ0) is 27.8. The number of benzene rings is 1. The first-order chi connectivity index (χ1) is 20.1. The van der Waals surface area contributed by atoms with Crippen molar-refractivity contribution in [3.63, 3.8) is 0 Å². The molecular formula is C32H36N8O. The fraction of sp³-hybridized carbons (Fsp3) is 0.375. The lowest BCUT2D eigenvalue weighted by Crippen LogP contribution is -2.44. The highest BCUT2D eigenvalue weighted by molar-refractivity contribution is 6.00. The third-order valence-corrected chi connectivity index (χ3v) is 8.71. The smallest absolute Gasteiger partial charge is 0.224 e. The molecule has 0 radical (unpaired) electrons. The number of hydrogen-bond acceptors (Lipinski definition) is 6. The Kier molecular flexibility index (Phi) is 6.88. The van der Waals surface area contributed by atoms with Crippen molar-refractivity contribution >= 4 is 39.2 Å². The Hall–Kier alpha value is -4.24. The van der Waals surface area contributed by atoms with E-state index in [1.165, 1.54) is 30.3 Å². The Morgan fingerprint density at radius 2 is 1.80 bits per heavy atom. The number of carbonyl (C=O) groups is 1. The van der Waals surface area contributed by atoms with Crippen molar-refractivity contribution in [1.29, 1.82) is 0 Å². The predicted molar refractivity (Wildman–Crippen MR) is 164 cm³/mol. The van der Waals surface area contributed by atoms with Crippen molar-refractivity contribution in [3.8, 4) is 22.5 Å². The summed E-state index contributed by atoms with van der Waals surface area (Å²) in [5.41, 5.74) is 7.40. The van der Waals surface area contributed by atoms with E-state index >= 15 is 0 Å². The van der Waals surface area contributed by atoms with Crippen molar-refractivity contribution in [1.82, 2.24) is 30.0 Å². The number of anilines is 2. The summed E-state index contributed by atoms with van der Waals surface area (Å²) in [6, 6.07) is 12.7. The number of amides is 1. The Balaban J connectivity index is 1.16. The first-order valence-electron chi connectivity index (χ1n) is 14.8. The van der Waals surface area contributed by atoms with Crippen LogP contribution in [-0.2, 0) is 4.79 Å². The Labute approximate surface area is 239 Å². The fourth-order valence-corrected chi connectivity index (χ4v) is 6.39. The van der Waals surface area contributed by atoms with Crippen molar-refractivity contribution in [3.05, 3.63) is 55.0 Å². The van der Waals surface area contributed by atoms with Gasteiger partial charge in [0.05, 0.1) is 17.6 Å². The second-order valence-corrected chi connectivity index (χ2v) is 11.6. The molecule has 1 aliphatic carbocycles. The van der Waals surface area contributed by atoms with Gasteiger partial charge in [-0.1, -0.05) is 25.3 Å². The van der Waals surface area contributed by atoms with E-state index in [-0.39, 0.29) is 5.91 Å². The summed E-state index contributed by atoms with van der Waals surface area (Å²) in [6.45, 7) is 4.16. The van der Waals surface area contributed by atoms with Gasteiger partial charge in [0, 0.05) is 78.1 Å². The maximum Gasteiger partial charge on any atom is 0.224 e. The van der Waals surface area contributed by atoms with E-state index in [2.05, 4.69) is 77.6 Å². The van der Waals surface area contributed by atoms with Gasteiger partial charge in [0.2, 0.25) is 5.91 Å². The predicted octanol–water partition coefficient (Wildman–Crippen LogP) is 5.83. The van der Waals surface area contributed by atoms with Gasteiger partial charge < -0.3 is 20.1 Å². The number of nitrogens with zero attached hydrogens (tertiary/aromatic N) is 5. The summed E-state index contributed by atoms with van der Waals surface area (Å²) in [5, 5.41) is 12.9. The van der Waals surface area contributed by atoms with E-state index < -0.39 is 0 Å². The molecule has 0 spiro atoms. The molecule has 0 bridgehead atoms. The molecule has 210 valence electrons. The van der Waals surface area contributed by atoms with Crippen LogP contribution in [0.25, 0.3) is 44.5 Å². The van der Waals surface area contributed by atoms with Gasteiger partial charge in [0.15, 0.2) is 5.65 Å². The number of carbonyl (C=O) groups excluding carboxylic acids is 1. The van der Waals surface area contributed by atoms with Crippen LogP contribution in [0.4, 0.5) is 11.4 Å². The molecule has 1 amide bonds. The van der Waals surface area contributed by atoms with Gasteiger partial charge in [-0.2, -0.15) is 5.10 Å². The summed E-state index contributed by atoms with van der Waals surface area (Å²) in [4.78, 5) is 30.2. The fourth-order valence-electron chi connectivity index (χ4n) is 6.39. The van der Waals surface area contributed by atoms with Gasteiger partial charge in [-0.25, -0.2) is 4.98 Å². The molecule has 0 unspecified atom stereocenters. The quantitative estimate of drug-likeness (QED) is 0.247. The summed E-state index contributed by atoms with van der Waals surface area (Å²) < 4.78 is 0. The molecule has 41 heavy (non-hydrogen) atoms. The molecule has 1 saturated carbocycles. The molecule has 2 aliphatic rings. The second kappa shape index (κ2) is 11.0. The number of aromatic amines is 2. The zero-order valence-electron chi connectivity index (χ0n) is 23.5. The lowest BCUT2D eigenvalue weighted by molar-refractivity contribution is -0.117. The standard InChI is InChI=1S/C32H36N8O/c1-39-10-12-40(13-11-39)29-9-5-8-27-25(29)17-28(36-27)31-26-16-23(19-34-32(26)38-37-31)22-15-24(20-33-18-22)35-30(41)14-21-6-3-2-4-7-21/h5,8-9,15-21,36H,2-4,6-7,10-14H2,1H3,(H,35,41)(H,34,37,38). The van der Waals surface area contributed by atoms with Crippen LogP contribution in [0.3, 0.4) is 0 Å². The van der Waals surface area contributed by atoms with Gasteiger partial charge in [-0.05, 0) is 56.1 Å². The number of rotatable bonds is 6. The minimum atomic E-state index is 0.0660. The largest absolute Gasteiger partial charge is 0.368 e. The van der Waals surface area contributed by atoms with Gasteiger partial charge in [0.1, 0.15) is 5.69 Å². The van der Waals surface area contributed by atoms with Gasteiger partial charge in [-0.3, -0.25) is 14.9 Å². The molecule has 7 rings (SSSR count). The number of pyridine rings is 2. The minimum absolute atomic E-state index is 0.0660. The van der Waals surface area contributed by atoms with Crippen molar-refractivity contribution in [2.24, 2.45) is 5.92 Å². The van der Waals surface area contributed by atoms with Crippen LogP contribution in [0, 0.1) is 5.92 Å². The molecule has 9 nitrogen and oxygen atoms in total. The second-order valence-electron chi connectivity index (χ2n) is 11.6. The monoisotopic (exact) mass is 548 g/mol. The highest BCUT2D eigenvalue weighted by Crippen LogP contribution is 2.35. The van der Waals surface area contributed by atoms with Crippen LogP contribution in [0.5, 0.6) is 0 Å². The van der Waals surface area contributed by atoms with Crippen LogP contribution < -0.4 is 10.2 Å². The molecule has 2 fully saturated rings. The first-order valence-corrected chi connectivity index (χ1v) is 14.8. The molecule has 1 saturated heterocycles. The van der Waals surface area contributed by atoms with Crippen molar-refractivity contribution in [2.45, 2.75) is 38.5 Å². The molecule has 9 heteroatoms. The third-order valence-electron chi connectivity index (χ3n) is 8.71. The topological polar surface area (TPSA) is 106 Å². The van der Waals surface area contributed by atoms with E-state index in [1.807, 2.05) is 18.5 Å². The zero-order valence-corrected chi connectivity index (χ0v) is 23.5. The normalized spacial score (nSPS) is 17.0. The van der Waals surface area contributed by atoms with E-state index in [9.17, 15) is 4.79 Å². The number of hydrogen-bond donors (Lipinski definition) is 3. The molecule has 1 aliphatic heterocycles.